The van der Waals surface area contributed by atoms with E-state index in [-0.39, 0.29) is 24.9 Å². The number of benzene rings is 2. The summed E-state index contributed by atoms with van der Waals surface area (Å²) in [5.74, 6) is 0.0943. The topological polar surface area (TPSA) is 107 Å². The number of aromatic nitrogens is 1. The lowest BCUT2D eigenvalue weighted by molar-refractivity contribution is -0.122. The Labute approximate surface area is 189 Å². The predicted octanol–water partition coefficient (Wildman–Crippen LogP) is 4.26. The molecule has 7 nitrogen and oxygen atoms in total. The van der Waals surface area contributed by atoms with Gasteiger partial charge in [0.1, 0.15) is 12.4 Å². The van der Waals surface area contributed by atoms with Crippen LogP contribution in [0.1, 0.15) is 22.3 Å². The Morgan fingerprint density at radius 1 is 1.15 bits per heavy atom. The highest BCUT2D eigenvalue weighted by molar-refractivity contribution is 5.76. The third kappa shape index (κ3) is 5.25. The number of carboxylic acid groups (broad SMARTS) is 1. The zero-order chi connectivity index (χ0) is 24.0. The Balaban J connectivity index is 0.000000968. The molecule has 1 aromatic heterocycles. The van der Waals surface area contributed by atoms with E-state index in [1.165, 1.54) is 6.07 Å². The Hall–Kier alpha value is -4.01. The lowest BCUT2D eigenvalue weighted by Crippen LogP contribution is -2.28. The fourth-order valence-corrected chi connectivity index (χ4v) is 3.82. The number of alkyl halides is 2. The predicted molar refractivity (Wildman–Crippen MR) is 119 cm³/mol. The molecule has 1 aliphatic heterocycles. The fraction of sp³-hybridized carbons (Fsp3) is 0.208. The van der Waals surface area contributed by atoms with Crippen LogP contribution in [-0.2, 0) is 15.1 Å². The van der Waals surface area contributed by atoms with Crippen LogP contribution in [0.25, 0.3) is 11.1 Å². The number of hydrogen-bond donors (Lipinski definition) is 2. The van der Waals surface area contributed by atoms with E-state index in [2.05, 4.69) is 20.8 Å². The maximum atomic E-state index is 12.6. The normalized spacial score (nSPS) is 16.9. The van der Waals surface area contributed by atoms with Gasteiger partial charge in [0, 0.05) is 18.0 Å². The van der Waals surface area contributed by atoms with Gasteiger partial charge in [-0.05, 0) is 65.9 Å². The van der Waals surface area contributed by atoms with Crippen LogP contribution in [-0.4, -0.2) is 35.8 Å². The van der Waals surface area contributed by atoms with Crippen molar-refractivity contribution in [3.05, 3.63) is 83.2 Å². The second kappa shape index (κ2) is 10.1. The van der Waals surface area contributed by atoms with Gasteiger partial charge < -0.3 is 20.3 Å². The maximum absolute atomic E-state index is 12.6. The highest BCUT2D eigenvalue weighted by Crippen LogP contribution is 2.41. The van der Waals surface area contributed by atoms with Crippen molar-refractivity contribution < 1.29 is 28.2 Å². The Morgan fingerprint density at radius 3 is 2.52 bits per heavy atom. The molecule has 1 atom stereocenters. The summed E-state index contributed by atoms with van der Waals surface area (Å²) in [7, 11) is 0. The van der Waals surface area contributed by atoms with E-state index in [0.29, 0.717) is 0 Å². The van der Waals surface area contributed by atoms with Gasteiger partial charge in [-0.2, -0.15) is 8.78 Å². The fourth-order valence-electron chi connectivity index (χ4n) is 3.82. The molecule has 2 heterocycles. The van der Waals surface area contributed by atoms with Gasteiger partial charge >= 0.3 is 6.61 Å². The highest BCUT2D eigenvalue weighted by atomic mass is 19.3. The molecule has 0 amide bonds. The molecule has 0 bridgehead atoms. The number of nitrogens with zero attached hydrogens (tertiary/aromatic N) is 2. The van der Waals surface area contributed by atoms with Gasteiger partial charge in [-0.1, -0.05) is 24.3 Å². The smallest absolute Gasteiger partial charge is 0.387 e. The van der Waals surface area contributed by atoms with Crippen LogP contribution >= 0.6 is 0 Å². The Kier molecular flexibility index (Phi) is 7.22. The second-order valence-electron chi connectivity index (χ2n) is 7.39. The number of aryl methyl sites for hydroxylation is 2. The minimum Gasteiger partial charge on any atom is -0.483 e. The third-order valence-electron chi connectivity index (χ3n) is 5.15. The first-order chi connectivity index (χ1) is 15.8. The zero-order valence-corrected chi connectivity index (χ0v) is 18.0. The molecule has 0 radical (unpaired) electrons. The van der Waals surface area contributed by atoms with E-state index in [0.717, 1.165) is 33.4 Å². The van der Waals surface area contributed by atoms with Gasteiger partial charge in [-0.15, -0.1) is 0 Å². The first-order valence-corrected chi connectivity index (χ1v) is 9.93. The Bertz CT molecular complexity index is 1170. The summed E-state index contributed by atoms with van der Waals surface area (Å²) in [5.41, 5.74) is 10.5. The van der Waals surface area contributed by atoms with Crippen LogP contribution in [0, 0.1) is 13.8 Å². The SMILES string of the molecule is Cc1cncc(-c2cccc(C3(c4ccc(OC(F)F)cc4C)COC(N)=N3)c2)c1.O=CO. The molecule has 0 fully saturated rings. The molecule has 2 aromatic carbocycles. The molecule has 0 spiro atoms. The lowest BCUT2D eigenvalue weighted by Gasteiger charge is -2.27. The van der Waals surface area contributed by atoms with E-state index in [1.54, 1.807) is 18.3 Å². The molecular weight excluding hydrogens is 432 g/mol. The molecule has 0 saturated heterocycles. The largest absolute Gasteiger partial charge is 0.483 e. The zero-order valence-electron chi connectivity index (χ0n) is 18.0. The standard InChI is InChI=1S/C23H21F2N3O2.CH2O2/c1-14-8-17(12-27-11-14)16-4-3-5-18(10-16)23(13-29-22(26)28-23)20-7-6-19(9-15(20)2)30-21(24)25;2-1-3/h3-12,21H,13H2,1-2H3,(H2,26,28);1H,(H,2,3). The van der Waals surface area contributed by atoms with Gasteiger partial charge in [0.15, 0.2) is 5.54 Å². The van der Waals surface area contributed by atoms with Crippen LogP contribution in [0.4, 0.5) is 8.78 Å². The quantitative estimate of drug-likeness (QED) is 0.557. The number of rotatable bonds is 5. The summed E-state index contributed by atoms with van der Waals surface area (Å²) < 4.78 is 35.3. The second-order valence-corrected chi connectivity index (χ2v) is 7.39. The minimum atomic E-state index is -2.88. The molecule has 0 saturated carbocycles. The van der Waals surface area contributed by atoms with Crippen molar-refractivity contribution in [3.63, 3.8) is 0 Å². The van der Waals surface area contributed by atoms with Gasteiger partial charge in [0.2, 0.25) is 0 Å². The van der Waals surface area contributed by atoms with Crippen LogP contribution in [0.5, 0.6) is 5.75 Å². The van der Waals surface area contributed by atoms with Crippen molar-refractivity contribution >= 4 is 12.5 Å². The summed E-state index contributed by atoms with van der Waals surface area (Å²) >= 11 is 0. The van der Waals surface area contributed by atoms with Crippen molar-refractivity contribution in [2.75, 3.05) is 6.61 Å². The maximum Gasteiger partial charge on any atom is 0.387 e. The summed E-state index contributed by atoms with van der Waals surface area (Å²) in [6.07, 6.45) is 3.61. The highest BCUT2D eigenvalue weighted by Gasteiger charge is 2.41. The van der Waals surface area contributed by atoms with Crippen molar-refractivity contribution in [3.8, 4) is 16.9 Å². The van der Waals surface area contributed by atoms with Gasteiger partial charge in [-0.25, -0.2) is 4.99 Å². The van der Waals surface area contributed by atoms with Gasteiger partial charge in [0.05, 0.1) is 0 Å². The van der Waals surface area contributed by atoms with Crippen molar-refractivity contribution in [2.24, 2.45) is 10.7 Å². The summed E-state index contributed by atoms with van der Waals surface area (Å²) in [6.45, 7) is 0.898. The number of aliphatic imine (C=N–C) groups is 1. The Morgan fingerprint density at radius 2 is 1.91 bits per heavy atom. The number of nitrogens with two attached hydrogens (primary N) is 1. The first-order valence-electron chi connectivity index (χ1n) is 9.93. The molecule has 9 heteroatoms. The molecule has 33 heavy (non-hydrogen) atoms. The molecule has 172 valence electrons. The molecular formula is C24H23F2N3O4. The molecule has 3 N–H and O–H groups in total. The molecule has 4 rings (SSSR count). The van der Waals surface area contributed by atoms with E-state index in [4.69, 9.17) is 20.4 Å². The molecule has 0 aliphatic carbocycles. The van der Waals surface area contributed by atoms with Gasteiger partial charge in [-0.3, -0.25) is 9.78 Å². The summed E-state index contributed by atoms with van der Waals surface area (Å²) in [5, 5.41) is 6.89. The van der Waals surface area contributed by atoms with Crippen LogP contribution in [0.15, 0.2) is 65.9 Å². The monoisotopic (exact) mass is 455 g/mol. The van der Waals surface area contributed by atoms with Crippen LogP contribution < -0.4 is 10.5 Å². The van der Waals surface area contributed by atoms with E-state index in [1.807, 2.05) is 44.3 Å². The number of halogens is 2. The third-order valence-corrected chi connectivity index (χ3v) is 5.15. The van der Waals surface area contributed by atoms with E-state index in [9.17, 15) is 8.78 Å². The van der Waals surface area contributed by atoms with Gasteiger partial charge in [0.25, 0.3) is 12.5 Å². The van der Waals surface area contributed by atoms with E-state index >= 15 is 0 Å². The first kappa shape index (κ1) is 23.6. The average Bonchev–Trinajstić information content (AvgIpc) is 3.17. The van der Waals surface area contributed by atoms with Crippen LogP contribution in [0.3, 0.4) is 0 Å². The molecule has 3 aromatic rings. The molecule has 1 unspecified atom stereocenters. The minimum absolute atomic E-state index is 0.0879. The van der Waals surface area contributed by atoms with Crippen molar-refractivity contribution in [2.45, 2.75) is 26.0 Å². The molecule has 1 aliphatic rings. The van der Waals surface area contributed by atoms with Crippen molar-refractivity contribution in [1.82, 2.24) is 4.98 Å². The van der Waals surface area contributed by atoms with E-state index < -0.39 is 12.2 Å². The summed E-state index contributed by atoms with van der Waals surface area (Å²) in [6, 6.07) is 14.9. The van der Waals surface area contributed by atoms with Crippen LogP contribution in [0.2, 0.25) is 0 Å². The number of hydrogen-bond acceptors (Lipinski definition) is 6. The number of ether oxygens (including phenoxy) is 2. The number of carbonyl (C=O) groups is 1. The lowest BCUT2D eigenvalue weighted by atomic mass is 9.81. The number of amidine groups is 1. The number of pyridine rings is 1. The summed E-state index contributed by atoms with van der Waals surface area (Å²) in [4.78, 5) is 17.3. The van der Waals surface area contributed by atoms with Crippen molar-refractivity contribution in [1.29, 1.82) is 0 Å². The average molecular weight is 455 g/mol.